The molecule has 104 valence electrons. The lowest BCUT2D eigenvalue weighted by Crippen LogP contribution is -2.41. The number of hydrogen-bond acceptors (Lipinski definition) is 3. The summed E-state index contributed by atoms with van der Waals surface area (Å²) < 4.78 is 5.66. The molecule has 1 amide bonds. The number of hydrogen-bond donors (Lipinski definition) is 1. The molecular formula is C13H23NO4. The van der Waals surface area contributed by atoms with E-state index < -0.39 is 5.97 Å². The van der Waals surface area contributed by atoms with Crippen LogP contribution in [0.15, 0.2) is 0 Å². The van der Waals surface area contributed by atoms with Crippen molar-refractivity contribution in [1.82, 2.24) is 4.90 Å². The van der Waals surface area contributed by atoms with Gasteiger partial charge in [0.15, 0.2) is 0 Å². The summed E-state index contributed by atoms with van der Waals surface area (Å²) in [5.41, 5.74) is 0. The molecule has 0 spiro atoms. The van der Waals surface area contributed by atoms with Crippen LogP contribution >= 0.6 is 0 Å². The molecule has 1 N–H and O–H groups in total. The Kier molecular flexibility index (Phi) is 5.14. The van der Waals surface area contributed by atoms with E-state index in [0.29, 0.717) is 6.54 Å². The summed E-state index contributed by atoms with van der Waals surface area (Å²) >= 11 is 0. The third-order valence-corrected chi connectivity index (χ3v) is 3.82. The van der Waals surface area contributed by atoms with Crippen LogP contribution in [0.5, 0.6) is 0 Å². The minimum absolute atomic E-state index is 0.00846. The molecule has 0 aromatic heterocycles. The first-order valence-corrected chi connectivity index (χ1v) is 6.54. The monoisotopic (exact) mass is 257 g/mol. The van der Waals surface area contributed by atoms with Crippen LogP contribution in [0.4, 0.5) is 0 Å². The fourth-order valence-corrected chi connectivity index (χ4v) is 2.56. The number of carboxylic acids is 1. The number of carbonyl (C=O) groups excluding carboxylic acids is 1. The van der Waals surface area contributed by atoms with Gasteiger partial charge in [-0.05, 0) is 26.7 Å². The van der Waals surface area contributed by atoms with Crippen LogP contribution in [0.2, 0.25) is 0 Å². The van der Waals surface area contributed by atoms with E-state index in [1.807, 2.05) is 27.7 Å². The van der Waals surface area contributed by atoms with Crippen molar-refractivity contribution in [3.63, 3.8) is 0 Å². The average molecular weight is 257 g/mol. The van der Waals surface area contributed by atoms with Crippen molar-refractivity contribution < 1.29 is 19.4 Å². The average Bonchev–Trinajstić information content (AvgIpc) is 2.53. The van der Waals surface area contributed by atoms with Gasteiger partial charge in [0.2, 0.25) is 5.91 Å². The zero-order valence-electron chi connectivity index (χ0n) is 11.5. The Morgan fingerprint density at radius 1 is 1.22 bits per heavy atom. The summed E-state index contributed by atoms with van der Waals surface area (Å²) in [6.07, 6.45) is -0.0284. The van der Waals surface area contributed by atoms with Gasteiger partial charge in [-0.25, -0.2) is 0 Å². The first-order chi connectivity index (χ1) is 8.38. The number of rotatable bonds is 5. The summed E-state index contributed by atoms with van der Waals surface area (Å²) in [7, 11) is 0. The van der Waals surface area contributed by atoms with Crippen molar-refractivity contribution in [3.8, 4) is 0 Å². The molecule has 1 heterocycles. The maximum Gasteiger partial charge on any atom is 0.305 e. The number of carbonyl (C=O) groups is 2. The molecule has 1 aliphatic rings. The maximum atomic E-state index is 12.4. The predicted octanol–water partition coefficient (Wildman–Crippen LogP) is 1.37. The molecule has 1 rings (SSSR count). The summed E-state index contributed by atoms with van der Waals surface area (Å²) in [5.74, 6) is -0.846. The van der Waals surface area contributed by atoms with E-state index in [1.165, 1.54) is 0 Å². The molecule has 0 radical (unpaired) electrons. The van der Waals surface area contributed by atoms with E-state index in [4.69, 9.17) is 9.84 Å². The largest absolute Gasteiger partial charge is 0.481 e. The Hall–Kier alpha value is -1.10. The molecule has 4 atom stereocenters. The minimum Gasteiger partial charge on any atom is -0.481 e. The van der Waals surface area contributed by atoms with Gasteiger partial charge in [0.1, 0.15) is 0 Å². The van der Waals surface area contributed by atoms with E-state index >= 15 is 0 Å². The Bertz CT molecular complexity index is 318. The highest BCUT2D eigenvalue weighted by Crippen LogP contribution is 2.33. The maximum absolute atomic E-state index is 12.4. The van der Waals surface area contributed by atoms with Crippen molar-refractivity contribution in [3.05, 3.63) is 0 Å². The SMILES string of the molecule is CCN(CCC(=O)O)C(=O)C1C(C)OC(C)C1C. The number of carboxylic acid groups (broad SMARTS) is 1. The van der Waals surface area contributed by atoms with Gasteiger partial charge < -0.3 is 14.7 Å². The molecule has 1 fully saturated rings. The van der Waals surface area contributed by atoms with Gasteiger partial charge in [0, 0.05) is 13.1 Å². The smallest absolute Gasteiger partial charge is 0.305 e. The van der Waals surface area contributed by atoms with Crippen LogP contribution in [0, 0.1) is 11.8 Å². The normalized spacial score (nSPS) is 31.3. The Morgan fingerprint density at radius 2 is 1.83 bits per heavy atom. The second kappa shape index (κ2) is 6.18. The first kappa shape index (κ1) is 15.0. The van der Waals surface area contributed by atoms with Crippen molar-refractivity contribution in [2.75, 3.05) is 13.1 Å². The summed E-state index contributed by atoms with van der Waals surface area (Å²) in [4.78, 5) is 24.6. The third kappa shape index (κ3) is 3.22. The molecule has 1 aliphatic heterocycles. The molecule has 0 saturated carbocycles. The lowest BCUT2D eigenvalue weighted by atomic mass is 9.88. The lowest BCUT2D eigenvalue weighted by Gasteiger charge is -2.27. The van der Waals surface area contributed by atoms with E-state index in [0.717, 1.165) is 0 Å². The molecule has 1 saturated heterocycles. The van der Waals surface area contributed by atoms with E-state index in [1.54, 1.807) is 4.90 Å². The molecule has 0 aromatic carbocycles. The number of amides is 1. The number of aliphatic carboxylic acids is 1. The molecule has 0 aliphatic carbocycles. The summed E-state index contributed by atoms with van der Waals surface area (Å²) in [6.45, 7) is 8.58. The number of nitrogens with zero attached hydrogens (tertiary/aromatic N) is 1. The van der Waals surface area contributed by atoms with Gasteiger partial charge >= 0.3 is 5.97 Å². The second-order valence-corrected chi connectivity index (χ2v) is 4.99. The molecule has 5 heteroatoms. The van der Waals surface area contributed by atoms with Crippen molar-refractivity contribution in [2.45, 2.75) is 46.3 Å². The van der Waals surface area contributed by atoms with Crippen molar-refractivity contribution in [2.24, 2.45) is 11.8 Å². The van der Waals surface area contributed by atoms with Crippen LogP contribution in [0.25, 0.3) is 0 Å². The Labute approximate surface area is 108 Å². The van der Waals surface area contributed by atoms with Gasteiger partial charge in [-0.1, -0.05) is 6.92 Å². The molecule has 0 bridgehead atoms. The first-order valence-electron chi connectivity index (χ1n) is 6.54. The summed E-state index contributed by atoms with van der Waals surface area (Å²) in [5, 5.41) is 8.69. The zero-order chi connectivity index (χ0) is 13.9. The minimum atomic E-state index is -0.876. The molecule has 4 unspecified atom stereocenters. The van der Waals surface area contributed by atoms with Crippen molar-refractivity contribution >= 4 is 11.9 Å². The van der Waals surface area contributed by atoms with Crippen molar-refractivity contribution in [1.29, 1.82) is 0 Å². The zero-order valence-corrected chi connectivity index (χ0v) is 11.5. The Morgan fingerprint density at radius 3 is 2.22 bits per heavy atom. The lowest BCUT2D eigenvalue weighted by molar-refractivity contribution is -0.140. The quantitative estimate of drug-likeness (QED) is 0.807. The van der Waals surface area contributed by atoms with E-state index in [2.05, 4.69) is 0 Å². The molecule has 5 nitrogen and oxygen atoms in total. The van der Waals surface area contributed by atoms with Gasteiger partial charge in [0.25, 0.3) is 0 Å². The van der Waals surface area contributed by atoms with Gasteiger partial charge in [0.05, 0.1) is 24.5 Å². The highest BCUT2D eigenvalue weighted by molar-refractivity contribution is 5.80. The Balaban J connectivity index is 2.68. The van der Waals surface area contributed by atoms with Crippen LogP contribution in [0.1, 0.15) is 34.1 Å². The molecule has 18 heavy (non-hydrogen) atoms. The molecular weight excluding hydrogens is 234 g/mol. The van der Waals surface area contributed by atoms with Gasteiger partial charge in [-0.15, -0.1) is 0 Å². The van der Waals surface area contributed by atoms with Crippen LogP contribution in [0.3, 0.4) is 0 Å². The standard InChI is InChI=1S/C13H23NO4/c1-5-14(7-6-11(15)16)13(17)12-8(2)9(3)18-10(12)4/h8-10,12H,5-7H2,1-4H3,(H,15,16). The van der Waals surface area contributed by atoms with Crippen LogP contribution in [-0.2, 0) is 14.3 Å². The second-order valence-electron chi connectivity index (χ2n) is 4.99. The van der Waals surface area contributed by atoms with Gasteiger partial charge in [-0.2, -0.15) is 0 Å². The number of ether oxygens (including phenoxy) is 1. The predicted molar refractivity (Wildman–Crippen MR) is 67.2 cm³/mol. The molecule has 0 aromatic rings. The van der Waals surface area contributed by atoms with Crippen LogP contribution in [-0.4, -0.2) is 47.2 Å². The van der Waals surface area contributed by atoms with E-state index in [-0.39, 0.29) is 42.9 Å². The van der Waals surface area contributed by atoms with E-state index in [9.17, 15) is 9.59 Å². The summed E-state index contributed by atoms with van der Waals surface area (Å²) in [6, 6.07) is 0. The highest BCUT2D eigenvalue weighted by Gasteiger charge is 2.42. The topological polar surface area (TPSA) is 66.8 Å². The van der Waals surface area contributed by atoms with Crippen LogP contribution < -0.4 is 0 Å². The highest BCUT2D eigenvalue weighted by atomic mass is 16.5. The van der Waals surface area contributed by atoms with Gasteiger partial charge in [-0.3, -0.25) is 9.59 Å². The third-order valence-electron chi connectivity index (χ3n) is 3.82. The fourth-order valence-electron chi connectivity index (χ4n) is 2.56. The fraction of sp³-hybridized carbons (Fsp3) is 0.846.